The Kier molecular flexibility index (Phi) is 7.45. The number of hydrogen-bond acceptors (Lipinski definition) is 6. The molecule has 0 saturated heterocycles. The van der Waals surface area contributed by atoms with Gasteiger partial charge in [0.05, 0.1) is 31.8 Å². The van der Waals surface area contributed by atoms with Gasteiger partial charge in [0, 0.05) is 17.6 Å². The van der Waals surface area contributed by atoms with Crippen molar-refractivity contribution < 1.29 is 27.4 Å². The molecular weight excluding hydrogens is 450 g/mol. The van der Waals surface area contributed by atoms with Gasteiger partial charge in [-0.05, 0) is 51.8 Å². The van der Waals surface area contributed by atoms with Crippen LogP contribution in [0.2, 0.25) is 0 Å². The van der Waals surface area contributed by atoms with Crippen molar-refractivity contribution in [2.45, 2.75) is 18.4 Å². The number of esters is 1. The van der Waals surface area contributed by atoms with Gasteiger partial charge in [-0.15, -0.1) is 0 Å². The smallest absolute Gasteiger partial charge is 0.339 e. The van der Waals surface area contributed by atoms with Gasteiger partial charge in [-0.2, -0.15) is 4.31 Å². The van der Waals surface area contributed by atoms with Crippen LogP contribution in [0.3, 0.4) is 0 Å². The summed E-state index contributed by atoms with van der Waals surface area (Å²) < 4.78 is 43.2. The first-order chi connectivity index (χ1) is 13.3. The quantitative estimate of drug-likeness (QED) is 0.548. The van der Waals surface area contributed by atoms with Crippen LogP contribution in [0.5, 0.6) is 11.5 Å². The SMILES string of the molecule is CCN(Cc1ccc(OC)c(OC)c1)S(=O)(=O)c1ccc(Br)c(C(=O)OC)c1. The van der Waals surface area contributed by atoms with Crippen molar-refractivity contribution in [2.75, 3.05) is 27.9 Å². The van der Waals surface area contributed by atoms with Crippen molar-refractivity contribution in [2.24, 2.45) is 0 Å². The summed E-state index contributed by atoms with van der Waals surface area (Å²) in [5.74, 6) is 0.463. The first kappa shape index (κ1) is 22.2. The minimum atomic E-state index is -3.83. The average Bonchev–Trinajstić information content (AvgIpc) is 2.71. The number of hydrogen-bond donors (Lipinski definition) is 0. The van der Waals surface area contributed by atoms with E-state index in [0.29, 0.717) is 16.0 Å². The summed E-state index contributed by atoms with van der Waals surface area (Å²) in [4.78, 5) is 11.9. The first-order valence-electron chi connectivity index (χ1n) is 8.37. The number of benzene rings is 2. The highest BCUT2D eigenvalue weighted by atomic mass is 79.9. The number of halogens is 1. The predicted octanol–water partition coefficient (Wildman–Crippen LogP) is 3.46. The fraction of sp³-hybridized carbons (Fsp3) is 0.316. The molecule has 152 valence electrons. The lowest BCUT2D eigenvalue weighted by atomic mass is 10.2. The minimum Gasteiger partial charge on any atom is -0.493 e. The molecule has 0 fully saturated rings. The van der Waals surface area contributed by atoms with Crippen LogP contribution in [0.4, 0.5) is 0 Å². The molecule has 0 heterocycles. The maximum Gasteiger partial charge on any atom is 0.339 e. The molecular formula is C19H22BrNO6S. The normalized spacial score (nSPS) is 11.4. The van der Waals surface area contributed by atoms with Crippen LogP contribution in [-0.2, 0) is 21.3 Å². The van der Waals surface area contributed by atoms with Crippen LogP contribution >= 0.6 is 15.9 Å². The third-order valence-corrected chi connectivity index (χ3v) is 6.75. The van der Waals surface area contributed by atoms with E-state index in [1.165, 1.54) is 43.8 Å². The van der Waals surface area contributed by atoms with Gasteiger partial charge in [-0.1, -0.05) is 13.0 Å². The van der Waals surface area contributed by atoms with Gasteiger partial charge in [0.15, 0.2) is 11.5 Å². The number of rotatable bonds is 8. The number of ether oxygens (including phenoxy) is 3. The number of sulfonamides is 1. The summed E-state index contributed by atoms with van der Waals surface area (Å²) in [6.45, 7) is 2.14. The van der Waals surface area contributed by atoms with Gasteiger partial charge in [0.25, 0.3) is 0 Å². The summed E-state index contributed by atoms with van der Waals surface area (Å²) in [7, 11) is 0.463. The number of carbonyl (C=O) groups is 1. The molecule has 0 aromatic heterocycles. The van der Waals surface area contributed by atoms with Crippen LogP contribution in [0.25, 0.3) is 0 Å². The lowest BCUT2D eigenvalue weighted by Gasteiger charge is -2.21. The minimum absolute atomic E-state index is 0.0124. The van der Waals surface area contributed by atoms with Crippen molar-refractivity contribution in [3.8, 4) is 11.5 Å². The Bertz CT molecular complexity index is 961. The molecule has 0 N–H and O–H groups in total. The summed E-state index contributed by atoms with van der Waals surface area (Å²) in [6, 6.07) is 9.51. The van der Waals surface area contributed by atoms with Crippen LogP contribution in [0.1, 0.15) is 22.8 Å². The molecule has 0 saturated carbocycles. The Morgan fingerprint density at radius 2 is 1.71 bits per heavy atom. The molecule has 0 aliphatic carbocycles. The van der Waals surface area contributed by atoms with Crippen molar-refractivity contribution in [1.29, 1.82) is 0 Å². The third-order valence-electron chi connectivity index (χ3n) is 4.14. The Balaban J connectivity index is 2.39. The third kappa shape index (κ3) is 4.65. The maximum atomic E-state index is 13.1. The molecule has 0 aliphatic rings. The molecule has 0 bridgehead atoms. The lowest BCUT2D eigenvalue weighted by Crippen LogP contribution is -2.30. The van der Waals surface area contributed by atoms with E-state index < -0.39 is 16.0 Å². The van der Waals surface area contributed by atoms with E-state index in [-0.39, 0.29) is 23.5 Å². The molecule has 28 heavy (non-hydrogen) atoms. The lowest BCUT2D eigenvalue weighted by molar-refractivity contribution is 0.0599. The highest BCUT2D eigenvalue weighted by Crippen LogP contribution is 2.29. The fourth-order valence-electron chi connectivity index (χ4n) is 2.63. The van der Waals surface area contributed by atoms with Crippen molar-refractivity contribution in [1.82, 2.24) is 4.31 Å². The van der Waals surface area contributed by atoms with Crippen LogP contribution in [0, 0.1) is 0 Å². The zero-order valence-corrected chi connectivity index (χ0v) is 18.5. The summed E-state index contributed by atoms with van der Waals surface area (Å²) in [5.41, 5.74) is 0.888. The zero-order valence-electron chi connectivity index (χ0n) is 16.1. The second-order valence-corrected chi connectivity index (χ2v) is 8.55. The molecule has 9 heteroatoms. The summed E-state index contributed by atoms with van der Waals surface area (Å²) >= 11 is 3.24. The number of carbonyl (C=O) groups excluding carboxylic acids is 1. The topological polar surface area (TPSA) is 82.1 Å². The molecule has 0 atom stereocenters. The van der Waals surface area contributed by atoms with Crippen molar-refractivity contribution >= 4 is 31.9 Å². The molecule has 0 spiro atoms. The zero-order chi connectivity index (χ0) is 20.9. The van der Waals surface area contributed by atoms with Gasteiger partial charge < -0.3 is 14.2 Å². The summed E-state index contributed by atoms with van der Waals surface area (Å²) in [5, 5.41) is 0. The molecule has 0 radical (unpaired) electrons. The van der Waals surface area contributed by atoms with E-state index in [1.807, 2.05) is 0 Å². The van der Waals surface area contributed by atoms with Crippen LogP contribution in [0.15, 0.2) is 45.8 Å². The van der Waals surface area contributed by atoms with Crippen LogP contribution < -0.4 is 9.47 Å². The molecule has 2 rings (SSSR count). The van der Waals surface area contributed by atoms with E-state index in [9.17, 15) is 13.2 Å². The Morgan fingerprint density at radius 3 is 2.29 bits per heavy atom. The molecule has 0 amide bonds. The molecule has 0 unspecified atom stereocenters. The molecule has 0 aliphatic heterocycles. The van der Waals surface area contributed by atoms with E-state index in [4.69, 9.17) is 14.2 Å². The molecule has 7 nitrogen and oxygen atoms in total. The largest absolute Gasteiger partial charge is 0.493 e. The van der Waals surface area contributed by atoms with Crippen LogP contribution in [-0.4, -0.2) is 46.6 Å². The van der Waals surface area contributed by atoms with E-state index in [1.54, 1.807) is 25.1 Å². The maximum absolute atomic E-state index is 13.1. The molecule has 2 aromatic carbocycles. The standard InChI is InChI=1S/C19H22BrNO6S/c1-5-21(12-13-6-9-17(25-2)18(10-13)26-3)28(23,24)14-7-8-16(20)15(11-14)19(22)27-4/h6-11H,5,12H2,1-4H3. The summed E-state index contributed by atoms with van der Waals surface area (Å²) in [6.07, 6.45) is 0. The monoisotopic (exact) mass is 471 g/mol. The highest BCUT2D eigenvalue weighted by molar-refractivity contribution is 9.10. The van der Waals surface area contributed by atoms with Crippen molar-refractivity contribution in [3.63, 3.8) is 0 Å². The second kappa shape index (κ2) is 9.40. The van der Waals surface area contributed by atoms with E-state index >= 15 is 0 Å². The van der Waals surface area contributed by atoms with E-state index in [2.05, 4.69) is 15.9 Å². The Labute approximate surface area is 173 Å². The Hall–Kier alpha value is -2.10. The van der Waals surface area contributed by atoms with Gasteiger partial charge in [0.1, 0.15) is 0 Å². The van der Waals surface area contributed by atoms with E-state index in [0.717, 1.165) is 5.56 Å². The van der Waals surface area contributed by atoms with Gasteiger partial charge >= 0.3 is 5.97 Å². The molecule has 2 aromatic rings. The number of nitrogens with zero attached hydrogens (tertiary/aromatic N) is 1. The predicted molar refractivity (Wildman–Crippen MR) is 108 cm³/mol. The van der Waals surface area contributed by atoms with Crippen molar-refractivity contribution in [3.05, 3.63) is 52.0 Å². The average molecular weight is 472 g/mol. The van der Waals surface area contributed by atoms with Gasteiger partial charge in [0.2, 0.25) is 10.0 Å². The highest BCUT2D eigenvalue weighted by Gasteiger charge is 2.25. The fourth-order valence-corrected chi connectivity index (χ4v) is 4.50. The van der Waals surface area contributed by atoms with Gasteiger partial charge in [-0.3, -0.25) is 0 Å². The number of methoxy groups -OCH3 is 3. The Morgan fingerprint density at radius 1 is 1.04 bits per heavy atom. The van der Waals surface area contributed by atoms with Gasteiger partial charge in [-0.25, -0.2) is 13.2 Å². The second-order valence-electron chi connectivity index (χ2n) is 5.75. The first-order valence-corrected chi connectivity index (χ1v) is 10.6.